The van der Waals surface area contributed by atoms with Crippen molar-refractivity contribution in [3.8, 4) is 5.75 Å². The number of hydrogen-bond acceptors (Lipinski definition) is 8. The number of rotatable bonds is 2. The number of methoxy groups -OCH3 is 1. The third kappa shape index (κ3) is 5.87. The predicted octanol–water partition coefficient (Wildman–Crippen LogP) is 6.44. The first-order chi connectivity index (χ1) is 23.0. The van der Waals surface area contributed by atoms with Crippen molar-refractivity contribution in [2.45, 2.75) is 81.5 Å². The van der Waals surface area contributed by atoms with Gasteiger partial charge in [-0.3, -0.25) is 4.79 Å². The Kier molecular flexibility index (Phi) is 8.96. The maximum Gasteiger partial charge on any atom is 0.264 e. The van der Waals surface area contributed by atoms with Crippen molar-refractivity contribution in [1.29, 1.82) is 0 Å². The normalized spacial score (nSPS) is 31.8. The summed E-state index contributed by atoms with van der Waals surface area (Å²) in [5.41, 5.74) is 2.62. The molecular weight excluding hydrogens is 648 g/mol. The highest BCUT2D eigenvalue weighted by Crippen LogP contribution is 2.52. The number of aryl methyl sites for hydroxylation is 1. The van der Waals surface area contributed by atoms with E-state index in [1.807, 2.05) is 31.2 Å². The monoisotopic (exact) mass is 692 g/mol. The number of aromatic nitrogens is 2. The third-order valence-corrected chi connectivity index (χ3v) is 14.0. The van der Waals surface area contributed by atoms with E-state index in [2.05, 4.69) is 21.8 Å². The van der Waals surface area contributed by atoms with Gasteiger partial charge in [-0.1, -0.05) is 24.6 Å². The van der Waals surface area contributed by atoms with Crippen LogP contribution >= 0.6 is 11.6 Å². The topological polar surface area (TPSA) is 111 Å². The minimum Gasteiger partial charge on any atom is -0.490 e. The number of carbonyl (C=O) groups excluding carboxylic acids is 1. The van der Waals surface area contributed by atoms with Gasteiger partial charge in [-0.05, 0) is 124 Å². The van der Waals surface area contributed by atoms with Gasteiger partial charge in [0.15, 0.2) is 5.82 Å². The zero-order valence-corrected chi connectivity index (χ0v) is 29.5. The number of nitrogens with zero attached hydrogens (tertiary/aromatic N) is 3. The van der Waals surface area contributed by atoms with Crippen LogP contribution < -0.4 is 14.4 Å². The van der Waals surface area contributed by atoms with Crippen LogP contribution in [0.3, 0.4) is 0 Å². The number of nitrogens with one attached hydrogen (secondary N) is 1. The van der Waals surface area contributed by atoms with Crippen LogP contribution in [0.25, 0.3) is 0 Å². The highest BCUT2D eigenvalue weighted by Gasteiger charge is 2.52. The van der Waals surface area contributed by atoms with Crippen LogP contribution in [-0.4, -0.2) is 56.3 Å². The maximum absolute atomic E-state index is 13.6. The number of benzene rings is 2. The first kappa shape index (κ1) is 33.3. The molecule has 3 heterocycles. The first-order valence-electron chi connectivity index (χ1n) is 17.2. The Bertz CT molecular complexity index is 1790. The van der Waals surface area contributed by atoms with Gasteiger partial charge in [-0.15, -0.1) is 0 Å². The quantitative estimate of drug-likeness (QED) is 0.327. The van der Waals surface area contributed by atoms with Crippen LogP contribution in [0.5, 0.6) is 5.75 Å². The molecule has 7 rings (SSSR count). The molecule has 0 unspecified atom stereocenters. The Morgan fingerprint density at radius 3 is 2.60 bits per heavy atom. The molecule has 2 aromatic carbocycles. The average Bonchev–Trinajstić information content (AvgIpc) is 3.22. The van der Waals surface area contributed by atoms with E-state index in [1.54, 1.807) is 32.5 Å². The number of carbonyl (C=O) groups is 1. The molecule has 2 aliphatic heterocycles. The second-order valence-electron chi connectivity index (χ2n) is 14.4. The van der Waals surface area contributed by atoms with Crippen molar-refractivity contribution in [1.82, 2.24) is 14.7 Å². The van der Waals surface area contributed by atoms with Crippen LogP contribution in [0.1, 0.15) is 86.1 Å². The zero-order chi connectivity index (χ0) is 33.7. The number of anilines is 1. The molecule has 1 amide bonds. The van der Waals surface area contributed by atoms with E-state index in [4.69, 9.17) is 31.0 Å². The fourth-order valence-electron chi connectivity index (χ4n) is 8.77. The van der Waals surface area contributed by atoms with Gasteiger partial charge >= 0.3 is 0 Å². The summed E-state index contributed by atoms with van der Waals surface area (Å²) in [5, 5.41) is -0.0320. The minimum absolute atomic E-state index is 0.154. The van der Waals surface area contributed by atoms with E-state index in [0.717, 1.165) is 55.8 Å². The van der Waals surface area contributed by atoms with Gasteiger partial charge < -0.3 is 14.4 Å². The second kappa shape index (κ2) is 12.9. The van der Waals surface area contributed by atoms with Gasteiger partial charge in [0, 0.05) is 48.6 Å². The SMILES string of the molecule is CO[C@]1(c2ncccn2)CCC[C@H](C)[C@@H](C)S(=O)(=O)NC(=O)c2ccc3c(c2)N(C[C@@H]2CC[C@H]21)C[C@@]1(CCCc2cc(Cl)ccc21)CO3. The molecule has 4 aliphatic rings. The molecule has 1 fully saturated rings. The molecule has 1 saturated carbocycles. The van der Waals surface area contributed by atoms with E-state index in [1.165, 1.54) is 11.1 Å². The average molecular weight is 693 g/mol. The Labute approximate surface area is 288 Å². The lowest BCUT2D eigenvalue weighted by atomic mass is 9.62. The van der Waals surface area contributed by atoms with Crippen molar-refractivity contribution in [3.05, 3.63) is 82.4 Å². The number of halogens is 1. The Hall–Kier alpha value is -3.21. The molecule has 2 bridgehead atoms. The number of sulfonamides is 1. The minimum atomic E-state index is -3.94. The summed E-state index contributed by atoms with van der Waals surface area (Å²) in [7, 11) is -2.18. The molecule has 3 aromatic rings. The van der Waals surface area contributed by atoms with Crippen molar-refractivity contribution < 1.29 is 22.7 Å². The first-order valence-corrected chi connectivity index (χ1v) is 19.2. The van der Waals surface area contributed by atoms with E-state index < -0.39 is 26.8 Å². The molecule has 2 aliphatic carbocycles. The lowest BCUT2D eigenvalue weighted by molar-refractivity contribution is -0.128. The van der Waals surface area contributed by atoms with Gasteiger partial charge in [0.1, 0.15) is 11.4 Å². The number of hydrogen-bond donors (Lipinski definition) is 1. The molecule has 1 N–H and O–H groups in total. The summed E-state index contributed by atoms with van der Waals surface area (Å²) >= 11 is 6.46. The summed E-state index contributed by atoms with van der Waals surface area (Å²) in [5.74, 6) is 0.985. The van der Waals surface area contributed by atoms with Gasteiger partial charge in [0.25, 0.3) is 5.91 Å². The summed E-state index contributed by atoms with van der Waals surface area (Å²) in [6.45, 7) is 5.52. The van der Waals surface area contributed by atoms with E-state index in [9.17, 15) is 13.2 Å². The summed E-state index contributed by atoms with van der Waals surface area (Å²) < 4.78 is 42.5. The van der Waals surface area contributed by atoms with E-state index in [-0.39, 0.29) is 23.2 Å². The largest absolute Gasteiger partial charge is 0.490 e. The van der Waals surface area contributed by atoms with Crippen LogP contribution in [0.4, 0.5) is 5.69 Å². The third-order valence-electron chi connectivity index (χ3n) is 11.8. The smallest absolute Gasteiger partial charge is 0.264 e. The van der Waals surface area contributed by atoms with Crippen molar-refractivity contribution >= 4 is 33.2 Å². The highest BCUT2D eigenvalue weighted by molar-refractivity contribution is 7.90. The lowest BCUT2D eigenvalue weighted by Crippen LogP contribution is -2.53. The van der Waals surface area contributed by atoms with Crippen molar-refractivity contribution in [2.75, 3.05) is 31.7 Å². The molecule has 1 spiro atoms. The predicted molar refractivity (Wildman–Crippen MR) is 186 cm³/mol. The molecule has 11 heteroatoms. The van der Waals surface area contributed by atoms with Gasteiger partial charge in [-0.2, -0.15) is 0 Å². The molecule has 0 radical (unpaired) electrons. The fourth-order valence-corrected chi connectivity index (χ4v) is 10.3. The second-order valence-corrected chi connectivity index (χ2v) is 16.9. The molecule has 9 nitrogen and oxygen atoms in total. The lowest BCUT2D eigenvalue weighted by Gasteiger charge is -2.51. The van der Waals surface area contributed by atoms with Crippen LogP contribution in [0.15, 0.2) is 54.9 Å². The maximum atomic E-state index is 13.6. The number of amides is 1. The van der Waals surface area contributed by atoms with Crippen molar-refractivity contribution in [2.24, 2.45) is 17.8 Å². The van der Waals surface area contributed by atoms with Crippen LogP contribution in [-0.2, 0) is 32.2 Å². The molecule has 256 valence electrons. The number of fused-ring (bicyclic) bond motifs is 4. The number of ether oxygens (including phenoxy) is 2. The van der Waals surface area contributed by atoms with Gasteiger partial charge in [0.05, 0.1) is 17.5 Å². The standard InChI is InChI=1S/C37H45ClN4O5S/c1-24-7-4-16-37(46-3,35-39-17-6-18-40-35)31-12-9-28(31)21-42-22-36(15-5-8-26-19-29(38)11-13-30(26)36)23-47-33-14-10-27(20-32(33)42)34(43)41-48(44,45)25(24)2/h6,10-11,13-14,17-20,24-25,28,31H,4-5,7-9,12,15-16,21-23H2,1-3H3,(H,41,43)/t24-,25+,28-,31+,36-,37+/m0/s1. The Balaban J connectivity index is 1.34. The van der Waals surface area contributed by atoms with E-state index in [0.29, 0.717) is 43.1 Å². The molecule has 48 heavy (non-hydrogen) atoms. The molecular formula is C37H45ClN4O5S. The summed E-state index contributed by atoms with van der Waals surface area (Å²) in [4.78, 5) is 25.4. The zero-order valence-electron chi connectivity index (χ0n) is 28.0. The molecule has 1 aromatic heterocycles. The van der Waals surface area contributed by atoms with Crippen molar-refractivity contribution in [3.63, 3.8) is 0 Å². The molecule has 0 saturated heterocycles. The van der Waals surface area contributed by atoms with Crippen LogP contribution in [0.2, 0.25) is 5.02 Å². The fraction of sp³-hybridized carbons (Fsp3) is 0.541. The Morgan fingerprint density at radius 2 is 1.85 bits per heavy atom. The Morgan fingerprint density at radius 1 is 1.04 bits per heavy atom. The highest BCUT2D eigenvalue weighted by atomic mass is 35.5. The van der Waals surface area contributed by atoms with Gasteiger partial charge in [-0.25, -0.2) is 23.1 Å². The summed E-state index contributed by atoms with van der Waals surface area (Å²) in [6, 6.07) is 13.3. The van der Waals surface area contributed by atoms with Gasteiger partial charge in [0.2, 0.25) is 10.0 Å². The molecule has 6 atom stereocenters. The summed E-state index contributed by atoms with van der Waals surface area (Å²) in [6.07, 6.45) is 10.6. The van der Waals surface area contributed by atoms with Crippen LogP contribution in [0, 0.1) is 17.8 Å². The van der Waals surface area contributed by atoms with E-state index >= 15 is 0 Å².